The summed E-state index contributed by atoms with van der Waals surface area (Å²) >= 11 is 6.05. The molecular weight excluding hydrogens is 308 g/mol. The molecule has 5 nitrogen and oxygen atoms in total. The zero-order valence-electron chi connectivity index (χ0n) is 11.9. The fourth-order valence-corrected chi connectivity index (χ4v) is 1.98. The Bertz CT molecular complexity index is 657. The molecule has 22 heavy (non-hydrogen) atoms. The highest BCUT2D eigenvalue weighted by atomic mass is 35.5. The number of rotatable bonds is 7. The van der Waals surface area contributed by atoms with Crippen molar-refractivity contribution in [3.8, 4) is 17.2 Å². The maximum absolute atomic E-state index is 10.9. The van der Waals surface area contributed by atoms with Crippen molar-refractivity contribution in [3.63, 3.8) is 0 Å². The molecule has 0 aliphatic heterocycles. The Balaban J connectivity index is 1.84. The Morgan fingerprint density at radius 3 is 2.55 bits per heavy atom. The molecule has 0 spiro atoms. The van der Waals surface area contributed by atoms with Gasteiger partial charge in [-0.3, -0.25) is 0 Å². The molecule has 0 bridgehead atoms. The van der Waals surface area contributed by atoms with Crippen molar-refractivity contribution in [3.05, 3.63) is 53.1 Å². The molecule has 0 atom stereocenters. The number of carbonyl (C=O) groups is 1. The van der Waals surface area contributed by atoms with Crippen LogP contribution in [-0.4, -0.2) is 31.4 Å². The topological polar surface area (TPSA) is 65.0 Å². The Morgan fingerprint density at radius 2 is 1.86 bits per heavy atom. The van der Waals surface area contributed by atoms with Crippen LogP contribution in [0.1, 0.15) is 10.4 Å². The average Bonchev–Trinajstić information content (AvgIpc) is 2.53. The normalized spacial score (nSPS) is 10.1. The van der Waals surface area contributed by atoms with Gasteiger partial charge in [-0.2, -0.15) is 0 Å². The number of carboxylic acid groups (broad SMARTS) is 1. The third-order valence-corrected chi connectivity index (χ3v) is 3.13. The summed E-state index contributed by atoms with van der Waals surface area (Å²) in [6.07, 6.45) is 0. The molecule has 0 fully saturated rings. The first-order valence-electron chi connectivity index (χ1n) is 6.52. The average molecular weight is 323 g/mol. The van der Waals surface area contributed by atoms with Gasteiger partial charge < -0.3 is 19.3 Å². The van der Waals surface area contributed by atoms with E-state index in [0.29, 0.717) is 22.3 Å². The van der Waals surface area contributed by atoms with Crippen LogP contribution in [0.3, 0.4) is 0 Å². The van der Waals surface area contributed by atoms with Gasteiger partial charge in [0.1, 0.15) is 30.5 Å². The maximum atomic E-state index is 10.9. The van der Waals surface area contributed by atoms with E-state index in [1.807, 2.05) is 0 Å². The molecule has 1 N–H and O–H groups in total. The Hall–Kier alpha value is -2.40. The SMILES string of the molecule is COc1ccc(OCCOc2cccc(C(=O)O)c2)c(Cl)c1. The van der Waals surface area contributed by atoms with Gasteiger partial charge in [0.05, 0.1) is 17.7 Å². The first kappa shape index (κ1) is 16.0. The molecule has 0 saturated carbocycles. The van der Waals surface area contributed by atoms with Gasteiger partial charge in [-0.15, -0.1) is 0 Å². The predicted molar refractivity (Wildman–Crippen MR) is 82.4 cm³/mol. The van der Waals surface area contributed by atoms with E-state index >= 15 is 0 Å². The van der Waals surface area contributed by atoms with Gasteiger partial charge in [0.25, 0.3) is 0 Å². The molecule has 0 aliphatic rings. The molecular formula is C16H15ClO5. The largest absolute Gasteiger partial charge is 0.497 e. The Kier molecular flexibility index (Phi) is 5.49. The number of hydrogen-bond donors (Lipinski definition) is 1. The van der Waals surface area contributed by atoms with Crippen molar-refractivity contribution in [1.29, 1.82) is 0 Å². The molecule has 2 aromatic rings. The molecule has 6 heteroatoms. The minimum atomic E-state index is -0.994. The smallest absolute Gasteiger partial charge is 0.335 e. The number of hydrogen-bond acceptors (Lipinski definition) is 4. The standard InChI is InChI=1S/C16H15ClO5/c1-20-12-5-6-15(14(17)10-12)22-8-7-21-13-4-2-3-11(9-13)16(18)19/h2-6,9-10H,7-8H2,1H3,(H,18,19). The van der Waals surface area contributed by atoms with Crippen LogP contribution in [0.4, 0.5) is 0 Å². The molecule has 0 aliphatic carbocycles. The third kappa shape index (κ3) is 4.30. The molecule has 0 heterocycles. The summed E-state index contributed by atoms with van der Waals surface area (Å²) in [4.78, 5) is 10.9. The van der Waals surface area contributed by atoms with Crippen molar-refractivity contribution in [2.24, 2.45) is 0 Å². The summed E-state index contributed by atoms with van der Waals surface area (Å²) in [6, 6.07) is 11.4. The third-order valence-electron chi connectivity index (χ3n) is 2.83. The Labute approximate surface area is 133 Å². The summed E-state index contributed by atoms with van der Waals surface area (Å²) in [5.74, 6) is 0.667. The Morgan fingerprint density at radius 1 is 1.09 bits per heavy atom. The molecule has 0 unspecified atom stereocenters. The van der Waals surface area contributed by atoms with E-state index in [2.05, 4.69) is 0 Å². The first-order valence-corrected chi connectivity index (χ1v) is 6.90. The van der Waals surface area contributed by atoms with Crippen LogP contribution in [0.25, 0.3) is 0 Å². The lowest BCUT2D eigenvalue weighted by molar-refractivity contribution is 0.0696. The second kappa shape index (κ2) is 7.56. The molecule has 0 aromatic heterocycles. The first-order chi connectivity index (χ1) is 10.6. The number of ether oxygens (including phenoxy) is 3. The second-order valence-electron chi connectivity index (χ2n) is 4.33. The molecule has 2 aromatic carbocycles. The lowest BCUT2D eigenvalue weighted by Crippen LogP contribution is -2.09. The van der Waals surface area contributed by atoms with Gasteiger partial charge in [-0.1, -0.05) is 17.7 Å². The number of carboxylic acids is 1. The van der Waals surface area contributed by atoms with Crippen LogP contribution in [0.15, 0.2) is 42.5 Å². The van der Waals surface area contributed by atoms with Gasteiger partial charge in [0.15, 0.2) is 0 Å². The minimum absolute atomic E-state index is 0.177. The summed E-state index contributed by atoms with van der Waals surface area (Å²) in [5, 5.41) is 9.35. The molecule has 0 radical (unpaired) electrons. The molecule has 2 rings (SSSR count). The highest BCUT2D eigenvalue weighted by molar-refractivity contribution is 6.32. The van der Waals surface area contributed by atoms with E-state index in [1.165, 1.54) is 12.1 Å². The number of aromatic carboxylic acids is 1. The maximum Gasteiger partial charge on any atom is 0.335 e. The van der Waals surface area contributed by atoms with E-state index < -0.39 is 5.97 Å². The van der Waals surface area contributed by atoms with E-state index in [4.69, 9.17) is 30.9 Å². The van der Waals surface area contributed by atoms with Gasteiger partial charge in [-0.05, 0) is 30.3 Å². The quantitative estimate of drug-likeness (QED) is 0.790. The molecule has 0 saturated heterocycles. The van der Waals surface area contributed by atoms with Gasteiger partial charge in [0.2, 0.25) is 0 Å². The van der Waals surface area contributed by atoms with E-state index in [1.54, 1.807) is 37.4 Å². The van der Waals surface area contributed by atoms with Crippen LogP contribution in [-0.2, 0) is 0 Å². The van der Waals surface area contributed by atoms with Crippen molar-refractivity contribution in [2.45, 2.75) is 0 Å². The monoisotopic (exact) mass is 322 g/mol. The summed E-state index contributed by atoms with van der Waals surface area (Å²) in [7, 11) is 1.56. The zero-order chi connectivity index (χ0) is 15.9. The summed E-state index contributed by atoms with van der Waals surface area (Å²) in [6.45, 7) is 0.550. The van der Waals surface area contributed by atoms with Crippen LogP contribution < -0.4 is 14.2 Å². The van der Waals surface area contributed by atoms with Crippen LogP contribution in [0.5, 0.6) is 17.2 Å². The van der Waals surface area contributed by atoms with E-state index in [-0.39, 0.29) is 18.8 Å². The molecule has 116 valence electrons. The minimum Gasteiger partial charge on any atom is -0.497 e. The fourth-order valence-electron chi connectivity index (χ4n) is 1.76. The number of methoxy groups -OCH3 is 1. The summed E-state index contributed by atoms with van der Waals surface area (Å²) < 4.78 is 16.0. The lowest BCUT2D eigenvalue weighted by Gasteiger charge is -2.10. The van der Waals surface area contributed by atoms with E-state index in [0.717, 1.165) is 0 Å². The number of halogens is 1. The van der Waals surface area contributed by atoms with Crippen molar-refractivity contribution in [2.75, 3.05) is 20.3 Å². The van der Waals surface area contributed by atoms with Crippen LogP contribution in [0, 0.1) is 0 Å². The zero-order valence-corrected chi connectivity index (χ0v) is 12.7. The second-order valence-corrected chi connectivity index (χ2v) is 4.73. The van der Waals surface area contributed by atoms with Crippen molar-refractivity contribution in [1.82, 2.24) is 0 Å². The van der Waals surface area contributed by atoms with Crippen LogP contribution in [0.2, 0.25) is 5.02 Å². The van der Waals surface area contributed by atoms with Gasteiger partial charge >= 0.3 is 5.97 Å². The molecule has 0 amide bonds. The van der Waals surface area contributed by atoms with Gasteiger partial charge in [0, 0.05) is 6.07 Å². The highest BCUT2D eigenvalue weighted by Gasteiger charge is 2.05. The van der Waals surface area contributed by atoms with Crippen LogP contribution >= 0.6 is 11.6 Å². The predicted octanol–water partition coefficient (Wildman–Crippen LogP) is 3.50. The van der Waals surface area contributed by atoms with Crippen molar-refractivity contribution < 1.29 is 24.1 Å². The van der Waals surface area contributed by atoms with Crippen molar-refractivity contribution >= 4 is 17.6 Å². The van der Waals surface area contributed by atoms with E-state index in [9.17, 15) is 4.79 Å². The lowest BCUT2D eigenvalue weighted by atomic mass is 10.2. The number of benzene rings is 2. The highest BCUT2D eigenvalue weighted by Crippen LogP contribution is 2.28. The fraction of sp³-hybridized carbons (Fsp3) is 0.188. The van der Waals surface area contributed by atoms with Gasteiger partial charge in [-0.25, -0.2) is 4.79 Å². The summed E-state index contributed by atoms with van der Waals surface area (Å²) in [5.41, 5.74) is 0.177.